The van der Waals surface area contributed by atoms with Crippen molar-refractivity contribution in [1.82, 2.24) is 14.9 Å². The number of hydrogen-bond acceptors (Lipinski definition) is 5. The average molecular weight is 303 g/mol. The normalized spacial score (nSPS) is 21.7. The minimum atomic E-state index is -0.503. The van der Waals surface area contributed by atoms with Crippen LogP contribution in [-0.4, -0.2) is 45.1 Å². The predicted molar refractivity (Wildman–Crippen MR) is 80.2 cm³/mol. The molecule has 0 radical (unpaired) electrons. The molecule has 2 atom stereocenters. The summed E-state index contributed by atoms with van der Waals surface area (Å²) in [6, 6.07) is 1.95. The molecule has 0 saturated carbocycles. The fourth-order valence-electron chi connectivity index (χ4n) is 2.66. The topological polar surface area (TPSA) is 66.3 Å². The van der Waals surface area contributed by atoms with E-state index in [9.17, 15) is 9.90 Å². The molecule has 21 heavy (non-hydrogen) atoms. The molecule has 1 amide bonds. The first-order chi connectivity index (χ1) is 10.1. The minimum absolute atomic E-state index is 0.0168. The second kappa shape index (κ2) is 5.91. The first kappa shape index (κ1) is 14.2. The number of aromatic nitrogens is 2. The Balaban J connectivity index is 1.69. The van der Waals surface area contributed by atoms with Gasteiger partial charge in [-0.2, -0.15) is 0 Å². The van der Waals surface area contributed by atoms with Gasteiger partial charge in [0.15, 0.2) is 0 Å². The Kier molecular flexibility index (Phi) is 3.98. The first-order valence-electron chi connectivity index (χ1n) is 6.91. The number of aryl methyl sites for hydroxylation is 1. The van der Waals surface area contributed by atoms with E-state index >= 15 is 0 Å². The molecule has 1 N–H and O–H groups in total. The molecule has 5 nitrogen and oxygen atoms in total. The van der Waals surface area contributed by atoms with Gasteiger partial charge in [-0.25, -0.2) is 0 Å². The second-order valence-electron chi connectivity index (χ2n) is 5.37. The highest BCUT2D eigenvalue weighted by Gasteiger charge is 2.35. The van der Waals surface area contributed by atoms with Gasteiger partial charge in [-0.3, -0.25) is 14.8 Å². The summed E-state index contributed by atoms with van der Waals surface area (Å²) in [6.07, 6.45) is 5.12. The maximum atomic E-state index is 12.5. The molecule has 2 aromatic heterocycles. The lowest BCUT2D eigenvalue weighted by Gasteiger charge is -2.15. The lowest BCUT2D eigenvalue weighted by Crippen LogP contribution is -2.29. The average Bonchev–Trinajstić information content (AvgIpc) is 3.06. The Morgan fingerprint density at radius 2 is 2.33 bits per heavy atom. The number of hydrogen-bond donors (Lipinski definition) is 1. The van der Waals surface area contributed by atoms with E-state index in [1.807, 2.05) is 18.4 Å². The molecule has 3 heterocycles. The maximum Gasteiger partial charge on any atom is 0.264 e. The smallest absolute Gasteiger partial charge is 0.264 e. The fraction of sp³-hybridized carbons (Fsp3) is 0.400. The van der Waals surface area contributed by atoms with Crippen LogP contribution in [0.15, 0.2) is 30.0 Å². The molecule has 1 saturated heterocycles. The van der Waals surface area contributed by atoms with Crippen LogP contribution < -0.4 is 0 Å². The Morgan fingerprint density at radius 3 is 3.00 bits per heavy atom. The highest BCUT2D eigenvalue weighted by atomic mass is 32.1. The van der Waals surface area contributed by atoms with E-state index in [0.717, 1.165) is 16.1 Å². The van der Waals surface area contributed by atoms with Crippen LogP contribution in [0.2, 0.25) is 0 Å². The van der Waals surface area contributed by atoms with Gasteiger partial charge >= 0.3 is 0 Å². The van der Waals surface area contributed by atoms with Gasteiger partial charge in [-0.1, -0.05) is 0 Å². The lowest BCUT2D eigenvalue weighted by molar-refractivity contribution is 0.0768. The molecule has 2 aromatic rings. The van der Waals surface area contributed by atoms with E-state index in [2.05, 4.69) is 9.97 Å². The minimum Gasteiger partial charge on any atom is -0.391 e. The zero-order valence-corrected chi connectivity index (χ0v) is 12.6. The molecule has 110 valence electrons. The fourth-order valence-corrected chi connectivity index (χ4v) is 3.55. The van der Waals surface area contributed by atoms with Gasteiger partial charge in [-0.15, -0.1) is 11.3 Å². The third kappa shape index (κ3) is 2.96. The number of β-amino-alcohol motifs (C(OH)–C–C–N with tert-alkyl or cyclic N) is 1. The summed E-state index contributed by atoms with van der Waals surface area (Å²) in [5.74, 6) is 0.0362. The van der Waals surface area contributed by atoms with Crippen LogP contribution in [0.3, 0.4) is 0 Å². The lowest BCUT2D eigenvalue weighted by atomic mass is 10.0. The van der Waals surface area contributed by atoms with Gasteiger partial charge < -0.3 is 10.0 Å². The summed E-state index contributed by atoms with van der Waals surface area (Å²) in [5.41, 5.74) is 1.85. The van der Waals surface area contributed by atoms with E-state index in [1.54, 1.807) is 23.5 Å². The van der Waals surface area contributed by atoms with E-state index in [-0.39, 0.29) is 11.8 Å². The Hall–Kier alpha value is -1.79. The van der Waals surface area contributed by atoms with Gasteiger partial charge in [0.1, 0.15) is 0 Å². The van der Waals surface area contributed by atoms with Crippen molar-refractivity contribution in [3.8, 4) is 0 Å². The summed E-state index contributed by atoms with van der Waals surface area (Å²) in [7, 11) is 0. The number of thiophene rings is 1. The SMILES string of the molecule is Cc1ccsc1C(=O)N1C[C@@H](Cc2cnccn2)[C@H](O)C1. The Labute approximate surface area is 127 Å². The first-order valence-corrected chi connectivity index (χ1v) is 7.79. The number of rotatable bonds is 3. The van der Waals surface area contributed by atoms with Crippen molar-refractivity contribution < 1.29 is 9.90 Å². The Bertz CT molecular complexity index is 629. The second-order valence-corrected chi connectivity index (χ2v) is 6.29. The van der Waals surface area contributed by atoms with Gasteiger partial charge in [0.25, 0.3) is 5.91 Å². The maximum absolute atomic E-state index is 12.5. The largest absolute Gasteiger partial charge is 0.391 e. The summed E-state index contributed by atoms with van der Waals surface area (Å²) >= 11 is 1.46. The van der Waals surface area contributed by atoms with Crippen LogP contribution in [0.5, 0.6) is 0 Å². The molecule has 3 rings (SSSR count). The number of carbonyl (C=O) groups excluding carboxylic acids is 1. The molecule has 1 aliphatic heterocycles. The summed E-state index contributed by atoms with van der Waals surface area (Å²) < 4.78 is 0. The van der Waals surface area contributed by atoms with Gasteiger partial charge in [0.05, 0.1) is 16.7 Å². The van der Waals surface area contributed by atoms with Crippen molar-refractivity contribution in [2.45, 2.75) is 19.4 Å². The van der Waals surface area contributed by atoms with Gasteiger partial charge in [-0.05, 0) is 30.4 Å². The molecule has 0 aromatic carbocycles. The van der Waals surface area contributed by atoms with E-state index in [0.29, 0.717) is 19.5 Å². The standard InChI is InChI=1S/C15H17N3O2S/c1-10-2-5-21-14(10)15(20)18-8-11(13(19)9-18)6-12-7-16-3-4-17-12/h2-5,7,11,13,19H,6,8-9H2,1H3/t11-,13-/m1/s1. The van der Waals surface area contributed by atoms with Crippen molar-refractivity contribution in [2.24, 2.45) is 5.92 Å². The van der Waals surface area contributed by atoms with E-state index < -0.39 is 6.10 Å². The quantitative estimate of drug-likeness (QED) is 0.933. The zero-order valence-electron chi connectivity index (χ0n) is 11.8. The summed E-state index contributed by atoms with van der Waals surface area (Å²) in [6.45, 7) is 2.89. The van der Waals surface area contributed by atoms with E-state index in [1.165, 1.54) is 11.3 Å². The van der Waals surface area contributed by atoms with E-state index in [4.69, 9.17) is 0 Å². The summed E-state index contributed by atoms with van der Waals surface area (Å²) in [4.78, 5) is 23.2. The van der Waals surface area contributed by atoms with Crippen molar-refractivity contribution >= 4 is 17.2 Å². The highest BCUT2D eigenvalue weighted by Crippen LogP contribution is 2.25. The van der Waals surface area contributed by atoms with Crippen molar-refractivity contribution in [2.75, 3.05) is 13.1 Å². The van der Waals surface area contributed by atoms with Crippen LogP contribution >= 0.6 is 11.3 Å². The van der Waals surface area contributed by atoms with Crippen molar-refractivity contribution in [3.05, 3.63) is 46.2 Å². The molecule has 1 fully saturated rings. The number of likely N-dealkylation sites (tertiary alicyclic amines) is 1. The van der Waals surface area contributed by atoms with Gasteiger partial charge in [0, 0.05) is 37.6 Å². The van der Waals surface area contributed by atoms with Crippen LogP contribution in [0.4, 0.5) is 0 Å². The van der Waals surface area contributed by atoms with Crippen LogP contribution in [0.1, 0.15) is 20.9 Å². The molecule has 6 heteroatoms. The van der Waals surface area contributed by atoms with Crippen LogP contribution in [0, 0.1) is 12.8 Å². The van der Waals surface area contributed by atoms with Crippen molar-refractivity contribution in [3.63, 3.8) is 0 Å². The predicted octanol–water partition coefficient (Wildman–Crippen LogP) is 1.52. The number of carbonyl (C=O) groups is 1. The molecule has 0 aliphatic carbocycles. The van der Waals surface area contributed by atoms with Crippen LogP contribution in [0.25, 0.3) is 0 Å². The number of amides is 1. The molecular formula is C15H17N3O2S. The highest BCUT2D eigenvalue weighted by molar-refractivity contribution is 7.12. The number of aliphatic hydroxyl groups is 1. The number of aliphatic hydroxyl groups excluding tert-OH is 1. The van der Waals surface area contributed by atoms with Gasteiger partial charge in [0.2, 0.25) is 0 Å². The van der Waals surface area contributed by atoms with Crippen LogP contribution in [-0.2, 0) is 6.42 Å². The molecule has 0 spiro atoms. The zero-order chi connectivity index (χ0) is 14.8. The monoisotopic (exact) mass is 303 g/mol. The van der Waals surface area contributed by atoms with Crippen molar-refractivity contribution in [1.29, 1.82) is 0 Å². The third-order valence-electron chi connectivity index (χ3n) is 3.84. The molecule has 0 bridgehead atoms. The Morgan fingerprint density at radius 1 is 1.48 bits per heavy atom. The number of nitrogens with zero attached hydrogens (tertiary/aromatic N) is 3. The third-order valence-corrected chi connectivity index (χ3v) is 4.84. The molecule has 0 unspecified atom stereocenters. The summed E-state index contributed by atoms with van der Waals surface area (Å²) in [5, 5.41) is 12.1. The molecular weight excluding hydrogens is 286 g/mol. The molecule has 1 aliphatic rings.